The predicted octanol–water partition coefficient (Wildman–Crippen LogP) is 4.42. The zero-order valence-corrected chi connectivity index (χ0v) is 12.3. The molecule has 0 aliphatic heterocycles. The van der Waals surface area contributed by atoms with Crippen molar-refractivity contribution in [1.82, 2.24) is 0 Å². The second-order valence-electron chi connectivity index (χ2n) is 4.31. The van der Waals surface area contributed by atoms with Gasteiger partial charge in [-0.2, -0.15) is 0 Å². The summed E-state index contributed by atoms with van der Waals surface area (Å²) in [6.07, 6.45) is 0. The molecule has 0 bridgehead atoms. The molecule has 0 aromatic heterocycles. The fourth-order valence-corrected chi connectivity index (χ4v) is 2.92. The normalized spacial score (nSPS) is 12.2. The van der Waals surface area contributed by atoms with Crippen LogP contribution in [0.2, 0.25) is 5.02 Å². The third kappa shape index (κ3) is 3.30. The van der Waals surface area contributed by atoms with Crippen molar-refractivity contribution in [3.8, 4) is 0 Å². The van der Waals surface area contributed by atoms with Gasteiger partial charge >= 0.3 is 0 Å². The van der Waals surface area contributed by atoms with Crippen LogP contribution in [0.4, 0.5) is 5.69 Å². The number of nitro groups is 1. The van der Waals surface area contributed by atoms with E-state index in [1.54, 1.807) is 24.3 Å². The Morgan fingerprint density at radius 3 is 2.55 bits per heavy atom. The quantitative estimate of drug-likeness (QED) is 0.670. The third-order valence-corrected chi connectivity index (χ3v) is 4.33. The number of nitrogens with zero attached hydrogens (tertiary/aromatic N) is 1. The summed E-state index contributed by atoms with van der Waals surface area (Å²) in [6, 6.07) is 12.0. The molecule has 0 aliphatic rings. The first-order chi connectivity index (χ1) is 9.49. The minimum absolute atomic E-state index is 0.0739. The molecule has 6 heteroatoms. The summed E-state index contributed by atoms with van der Waals surface area (Å²) in [5.41, 5.74) is 6.80. The van der Waals surface area contributed by atoms with Crippen LogP contribution in [0.25, 0.3) is 0 Å². The van der Waals surface area contributed by atoms with Gasteiger partial charge in [-0.1, -0.05) is 41.6 Å². The van der Waals surface area contributed by atoms with Crippen LogP contribution < -0.4 is 5.73 Å². The van der Waals surface area contributed by atoms with E-state index in [4.69, 9.17) is 17.3 Å². The van der Waals surface area contributed by atoms with Crippen LogP contribution in [0.3, 0.4) is 0 Å². The predicted molar refractivity (Wildman–Crippen MR) is 81.3 cm³/mol. The summed E-state index contributed by atoms with van der Waals surface area (Å²) < 4.78 is 0. The fourth-order valence-electron chi connectivity index (χ4n) is 1.70. The molecule has 2 rings (SSSR count). The Labute approximate surface area is 126 Å². The van der Waals surface area contributed by atoms with Crippen molar-refractivity contribution in [2.45, 2.75) is 22.8 Å². The Balaban J connectivity index is 2.33. The summed E-state index contributed by atoms with van der Waals surface area (Å²) in [4.78, 5) is 11.9. The number of rotatable bonds is 4. The lowest BCUT2D eigenvalue weighted by atomic mass is 10.1. The van der Waals surface area contributed by atoms with Gasteiger partial charge in [-0.05, 0) is 30.7 Å². The maximum atomic E-state index is 11.0. The smallest absolute Gasteiger partial charge is 0.283 e. The first-order valence-electron chi connectivity index (χ1n) is 5.95. The van der Waals surface area contributed by atoms with Crippen molar-refractivity contribution in [2.24, 2.45) is 5.73 Å². The van der Waals surface area contributed by atoms with Crippen LogP contribution in [0.1, 0.15) is 18.5 Å². The van der Waals surface area contributed by atoms with E-state index in [1.807, 2.05) is 19.1 Å². The zero-order chi connectivity index (χ0) is 14.7. The molecule has 0 saturated carbocycles. The molecule has 2 aromatic rings. The number of para-hydroxylation sites is 1. The lowest BCUT2D eigenvalue weighted by molar-refractivity contribution is -0.387. The number of benzene rings is 2. The maximum Gasteiger partial charge on any atom is 0.283 e. The molecule has 0 fully saturated rings. The average molecular weight is 309 g/mol. The van der Waals surface area contributed by atoms with Crippen molar-refractivity contribution in [2.75, 3.05) is 0 Å². The highest BCUT2D eigenvalue weighted by atomic mass is 35.5. The van der Waals surface area contributed by atoms with Gasteiger partial charge in [0.1, 0.15) is 0 Å². The van der Waals surface area contributed by atoms with E-state index in [9.17, 15) is 10.1 Å². The summed E-state index contributed by atoms with van der Waals surface area (Å²) in [6.45, 7) is 1.88. The lowest BCUT2D eigenvalue weighted by Gasteiger charge is -2.09. The van der Waals surface area contributed by atoms with E-state index in [0.29, 0.717) is 9.92 Å². The Hall–Kier alpha value is -1.56. The van der Waals surface area contributed by atoms with Gasteiger partial charge in [0.2, 0.25) is 0 Å². The highest BCUT2D eigenvalue weighted by molar-refractivity contribution is 7.99. The van der Waals surface area contributed by atoms with E-state index in [1.165, 1.54) is 17.8 Å². The number of hydrogen-bond acceptors (Lipinski definition) is 4. The monoisotopic (exact) mass is 308 g/mol. The van der Waals surface area contributed by atoms with Crippen LogP contribution in [0.15, 0.2) is 52.3 Å². The minimum Gasteiger partial charge on any atom is -0.324 e. The average Bonchev–Trinajstić information content (AvgIpc) is 2.41. The van der Waals surface area contributed by atoms with Gasteiger partial charge in [0, 0.05) is 17.0 Å². The van der Waals surface area contributed by atoms with Crippen molar-refractivity contribution in [3.05, 3.63) is 63.2 Å². The van der Waals surface area contributed by atoms with Crippen molar-refractivity contribution >= 4 is 29.1 Å². The standard InChI is InChI=1S/C14H13ClN2O2S/c1-9(16)10-6-7-13(11(15)8-10)20-14-5-3-2-4-12(14)17(18)19/h2-9H,16H2,1H3/t9-/m1/s1. The molecule has 20 heavy (non-hydrogen) atoms. The Morgan fingerprint density at radius 2 is 1.95 bits per heavy atom. The lowest BCUT2D eigenvalue weighted by Crippen LogP contribution is -2.04. The van der Waals surface area contributed by atoms with E-state index in [2.05, 4.69) is 0 Å². The van der Waals surface area contributed by atoms with Gasteiger partial charge in [-0.15, -0.1) is 0 Å². The summed E-state index contributed by atoms with van der Waals surface area (Å²) in [5, 5.41) is 11.5. The Kier molecular flexibility index (Phi) is 4.65. The summed E-state index contributed by atoms with van der Waals surface area (Å²) in [5.74, 6) is 0. The van der Waals surface area contributed by atoms with Crippen LogP contribution in [0, 0.1) is 10.1 Å². The largest absolute Gasteiger partial charge is 0.324 e. The summed E-state index contributed by atoms with van der Waals surface area (Å²) in [7, 11) is 0. The molecule has 0 amide bonds. The van der Waals surface area contributed by atoms with Crippen LogP contribution in [-0.4, -0.2) is 4.92 Å². The number of halogens is 1. The van der Waals surface area contributed by atoms with Crippen LogP contribution in [0.5, 0.6) is 0 Å². The first-order valence-corrected chi connectivity index (χ1v) is 7.15. The summed E-state index contributed by atoms with van der Waals surface area (Å²) >= 11 is 7.48. The maximum absolute atomic E-state index is 11.0. The molecule has 1 atom stereocenters. The number of nitro benzene ring substituents is 1. The highest BCUT2D eigenvalue weighted by Crippen LogP contribution is 2.38. The molecular formula is C14H13ClN2O2S. The van der Waals surface area contributed by atoms with Crippen LogP contribution in [-0.2, 0) is 0 Å². The molecule has 0 unspecified atom stereocenters. The second-order valence-corrected chi connectivity index (χ2v) is 5.80. The molecule has 0 saturated heterocycles. The van der Waals surface area contributed by atoms with Crippen LogP contribution >= 0.6 is 23.4 Å². The molecule has 0 heterocycles. The van der Waals surface area contributed by atoms with E-state index < -0.39 is 4.92 Å². The first kappa shape index (κ1) is 14.8. The number of hydrogen-bond donors (Lipinski definition) is 1. The van der Waals surface area contributed by atoms with Gasteiger partial charge in [0.05, 0.1) is 14.8 Å². The van der Waals surface area contributed by atoms with E-state index in [-0.39, 0.29) is 11.7 Å². The van der Waals surface area contributed by atoms with Crippen molar-refractivity contribution < 1.29 is 4.92 Å². The van der Waals surface area contributed by atoms with E-state index >= 15 is 0 Å². The topological polar surface area (TPSA) is 69.2 Å². The van der Waals surface area contributed by atoms with Gasteiger partial charge in [-0.25, -0.2) is 0 Å². The Morgan fingerprint density at radius 1 is 1.25 bits per heavy atom. The Bertz CT molecular complexity index is 647. The molecule has 0 radical (unpaired) electrons. The molecule has 0 spiro atoms. The van der Waals surface area contributed by atoms with Gasteiger partial charge in [0.25, 0.3) is 5.69 Å². The van der Waals surface area contributed by atoms with Gasteiger partial charge in [-0.3, -0.25) is 10.1 Å². The molecule has 0 aliphatic carbocycles. The third-order valence-electron chi connectivity index (χ3n) is 2.76. The van der Waals surface area contributed by atoms with Gasteiger partial charge in [0.15, 0.2) is 0 Å². The van der Waals surface area contributed by atoms with Gasteiger partial charge < -0.3 is 5.73 Å². The number of nitrogens with two attached hydrogens (primary N) is 1. The van der Waals surface area contributed by atoms with E-state index in [0.717, 1.165) is 10.5 Å². The van der Waals surface area contributed by atoms with Crippen molar-refractivity contribution in [3.63, 3.8) is 0 Å². The highest BCUT2D eigenvalue weighted by Gasteiger charge is 2.15. The molecule has 2 aromatic carbocycles. The molecule has 104 valence electrons. The minimum atomic E-state index is -0.396. The molecule has 4 nitrogen and oxygen atoms in total. The second kappa shape index (κ2) is 6.26. The molecular weight excluding hydrogens is 296 g/mol. The SMILES string of the molecule is C[C@@H](N)c1ccc(Sc2ccccc2[N+](=O)[O-])c(Cl)c1. The fraction of sp³-hybridized carbons (Fsp3) is 0.143. The molecule has 2 N–H and O–H groups in total. The van der Waals surface area contributed by atoms with Crippen molar-refractivity contribution in [1.29, 1.82) is 0 Å². The zero-order valence-electron chi connectivity index (χ0n) is 10.7.